The molecule has 0 amide bonds. The number of hydrogen-bond acceptors (Lipinski definition) is 4. The minimum atomic E-state index is 0.407. The number of benzene rings is 1. The second-order valence-corrected chi connectivity index (χ2v) is 5.84. The van der Waals surface area contributed by atoms with Crippen molar-refractivity contribution < 1.29 is 4.74 Å². The van der Waals surface area contributed by atoms with Crippen LogP contribution in [0.1, 0.15) is 0 Å². The summed E-state index contributed by atoms with van der Waals surface area (Å²) in [5.74, 6) is 0.407. The number of rotatable bonds is 3. The minimum Gasteiger partial charge on any atom is -0.480 e. The van der Waals surface area contributed by atoms with Gasteiger partial charge in [-0.2, -0.15) is 0 Å². The molecule has 2 aromatic heterocycles. The molecule has 0 unspecified atom stereocenters. The Hall–Kier alpha value is -1.62. The van der Waals surface area contributed by atoms with Crippen molar-refractivity contribution in [2.75, 3.05) is 7.11 Å². The van der Waals surface area contributed by atoms with Crippen LogP contribution in [0.2, 0.25) is 10.0 Å². The number of pyridine rings is 1. The van der Waals surface area contributed by atoms with Gasteiger partial charge in [0.15, 0.2) is 0 Å². The molecule has 0 saturated carbocycles. The van der Waals surface area contributed by atoms with Crippen molar-refractivity contribution in [1.82, 2.24) is 9.97 Å². The molecule has 6 heteroatoms. The van der Waals surface area contributed by atoms with Crippen molar-refractivity contribution in [2.45, 2.75) is 0 Å². The minimum absolute atomic E-state index is 0.407. The van der Waals surface area contributed by atoms with Gasteiger partial charge in [-0.05, 0) is 23.8 Å². The number of aromatic nitrogens is 2. The zero-order valence-electron chi connectivity index (χ0n) is 11.0. The third-order valence-corrected chi connectivity index (χ3v) is 4.09. The van der Waals surface area contributed by atoms with Crippen molar-refractivity contribution in [3.05, 3.63) is 51.4 Å². The Balaban J connectivity index is 2.16. The molecule has 0 aliphatic rings. The van der Waals surface area contributed by atoms with Crippen LogP contribution in [0.15, 0.2) is 41.4 Å². The van der Waals surface area contributed by atoms with Crippen molar-refractivity contribution in [3.63, 3.8) is 0 Å². The second kappa shape index (κ2) is 6.02. The molecule has 106 valence electrons. The van der Waals surface area contributed by atoms with Crippen LogP contribution in [-0.2, 0) is 0 Å². The van der Waals surface area contributed by atoms with Gasteiger partial charge in [0, 0.05) is 27.7 Å². The lowest BCUT2D eigenvalue weighted by atomic mass is 9.99. The fraction of sp³-hybridized carbons (Fsp3) is 0.0667. The summed E-state index contributed by atoms with van der Waals surface area (Å²) >= 11 is 13.8. The van der Waals surface area contributed by atoms with Crippen molar-refractivity contribution in [1.29, 1.82) is 0 Å². The van der Waals surface area contributed by atoms with Gasteiger partial charge in [-0.3, -0.25) is 0 Å². The Kier molecular flexibility index (Phi) is 4.10. The van der Waals surface area contributed by atoms with Gasteiger partial charge in [-0.15, -0.1) is 11.3 Å². The van der Waals surface area contributed by atoms with Crippen molar-refractivity contribution in [2.24, 2.45) is 0 Å². The highest BCUT2D eigenvalue weighted by molar-refractivity contribution is 7.07. The van der Waals surface area contributed by atoms with Crippen LogP contribution in [0.4, 0.5) is 0 Å². The van der Waals surface area contributed by atoms with E-state index in [0.717, 1.165) is 22.4 Å². The molecule has 0 saturated heterocycles. The average molecular weight is 337 g/mol. The maximum atomic E-state index is 6.16. The first kappa shape index (κ1) is 14.3. The molecule has 3 aromatic rings. The molecule has 21 heavy (non-hydrogen) atoms. The largest absolute Gasteiger partial charge is 0.480 e. The van der Waals surface area contributed by atoms with Gasteiger partial charge in [0.1, 0.15) is 5.02 Å². The molecule has 3 rings (SSSR count). The third kappa shape index (κ3) is 2.88. The van der Waals surface area contributed by atoms with Crippen LogP contribution in [0.3, 0.4) is 0 Å². The Morgan fingerprint density at radius 3 is 2.62 bits per heavy atom. The van der Waals surface area contributed by atoms with E-state index >= 15 is 0 Å². The molecule has 0 spiro atoms. The SMILES string of the molecule is COc1ncc(-c2ccc(Cl)cc2-c2cscn2)cc1Cl. The molecule has 0 radical (unpaired) electrons. The van der Waals surface area contributed by atoms with Gasteiger partial charge in [-0.1, -0.05) is 29.3 Å². The average Bonchev–Trinajstić information content (AvgIpc) is 3.01. The van der Waals surface area contributed by atoms with Crippen LogP contribution in [0, 0.1) is 0 Å². The number of thiazole rings is 1. The molecule has 0 aliphatic carbocycles. The van der Waals surface area contributed by atoms with E-state index in [9.17, 15) is 0 Å². The summed E-state index contributed by atoms with van der Waals surface area (Å²) in [6.45, 7) is 0. The number of ether oxygens (including phenoxy) is 1. The lowest BCUT2D eigenvalue weighted by Gasteiger charge is -2.10. The van der Waals surface area contributed by atoms with Gasteiger partial charge in [-0.25, -0.2) is 9.97 Å². The molecule has 0 fully saturated rings. The Labute approximate surface area is 136 Å². The number of hydrogen-bond donors (Lipinski definition) is 0. The molecule has 0 bridgehead atoms. The van der Waals surface area contributed by atoms with E-state index in [2.05, 4.69) is 9.97 Å². The summed E-state index contributed by atoms with van der Waals surface area (Å²) in [7, 11) is 1.54. The Bertz CT molecular complexity index is 775. The van der Waals surface area contributed by atoms with Crippen molar-refractivity contribution in [3.8, 4) is 28.3 Å². The smallest absolute Gasteiger partial charge is 0.232 e. The standard InChI is InChI=1S/C15H10Cl2N2OS/c1-20-15-13(17)4-9(6-18-15)11-3-2-10(16)5-12(11)14-7-21-8-19-14/h2-8H,1H3. The summed E-state index contributed by atoms with van der Waals surface area (Å²) in [5, 5.41) is 3.11. The zero-order chi connectivity index (χ0) is 14.8. The van der Waals surface area contributed by atoms with E-state index in [0.29, 0.717) is 15.9 Å². The lowest BCUT2D eigenvalue weighted by Crippen LogP contribution is -1.91. The summed E-state index contributed by atoms with van der Waals surface area (Å²) in [6.07, 6.45) is 1.73. The van der Waals surface area contributed by atoms with Gasteiger partial charge in [0.05, 0.1) is 18.3 Å². The summed E-state index contributed by atoms with van der Waals surface area (Å²) in [6, 6.07) is 7.50. The first-order valence-corrected chi connectivity index (χ1v) is 7.77. The second-order valence-electron chi connectivity index (χ2n) is 4.28. The summed E-state index contributed by atoms with van der Waals surface area (Å²) < 4.78 is 5.08. The van der Waals surface area contributed by atoms with Crippen LogP contribution < -0.4 is 4.74 Å². The predicted molar refractivity (Wildman–Crippen MR) is 87.4 cm³/mol. The number of halogens is 2. The molecule has 0 aliphatic heterocycles. The molecule has 3 nitrogen and oxygen atoms in total. The zero-order valence-corrected chi connectivity index (χ0v) is 13.3. The maximum Gasteiger partial charge on any atom is 0.232 e. The van der Waals surface area contributed by atoms with Crippen molar-refractivity contribution >= 4 is 34.5 Å². The highest BCUT2D eigenvalue weighted by Crippen LogP contribution is 2.36. The number of nitrogens with zero attached hydrogens (tertiary/aromatic N) is 2. The van der Waals surface area contributed by atoms with Gasteiger partial charge < -0.3 is 4.74 Å². The lowest BCUT2D eigenvalue weighted by molar-refractivity contribution is 0.398. The summed E-state index contributed by atoms with van der Waals surface area (Å²) in [5.41, 5.74) is 5.48. The van der Waals surface area contributed by atoms with Crippen LogP contribution in [-0.4, -0.2) is 17.1 Å². The van der Waals surface area contributed by atoms with E-state index in [1.807, 2.05) is 29.6 Å². The number of methoxy groups -OCH3 is 1. The first-order valence-electron chi connectivity index (χ1n) is 6.07. The highest BCUT2D eigenvalue weighted by Gasteiger charge is 2.12. The molecule has 1 aromatic carbocycles. The van der Waals surface area contributed by atoms with E-state index in [4.69, 9.17) is 27.9 Å². The van der Waals surface area contributed by atoms with E-state index < -0.39 is 0 Å². The van der Waals surface area contributed by atoms with Crippen LogP contribution in [0.5, 0.6) is 5.88 Å². The maximum absolute atomic E-state index is 6.16. The van der Waals surface area contributed by atoms with E-state index in [1.165, 1.54) is 18.4 Å². The monoisotopic (exact) mass is 336 g/mol. The van der Waals surface area contributed by atoms with Crippen LogP contribution >= 0.6 is 34.5 Å². The molecule has 0 N–H and O–H groups in total. The van der Waals surface area contributed by atoms with E-state index in [-0.39, 0.29) is 0 Å². The topological polar surface area (TPSA) is 35.0 Å². The molecular formula is C15H10Cl2N2OS. The van der Waals surface area contributed by atoms with E-state index in [1.54, 1.807) is 11.7 Å². The molecular weight excluding hydrogens is 327 g/mol. The predicted octanol–water partition coefficient (Wildman–Crippen LogP) is 5.19. The molecule has 2 heterocycles. The first-order chi connectivity index (χ1) is 10.2. The van der Waals surface area contributed by atoms with Gasteiger partial charge >= 0.3 is 0 Å². The van der Waals surface area contributed by atoms with Gasteiger partial charge in [0.25, 0.3) is 0 Å². The summed E-state index contributed by atoms with van der Waals surface area (Å²) in [4.78, 5) is 8.56. The van der Waals surface area contributed by atoms with Gasteiger partial charge in [0.2, 0.25) is 5.88 Å². The fourth-order valence-corrected chi connectivity index (χ4v) is 3.02. The Morgan fingerprint density at radius 1 is 1.10 bits per heavy atom. The third-order valence-electron chi connectivity index (χ3n) is 3.00. The fourth-order valence-electron chi connectivity index (χ4n) is 2.05. The normalized spacial score (nSPS) is 10.6. The molecule has 0 atom stereocenters. The van der Waals surface area contributed by atoms with Crippen LogP contribution in [0.25, 0.3) is 22.4 Å². The highest BCUT2D eigenvalue weighted by atomic mass is 35.5. The Morgan fingerprint density at radius 2 is 1.95 bits per heavy atom. The quantitative estimate of drug-likeness (QED) is 0.660.